The molecule has 0 aromatic carbocycles. The molecule has 0 aliphatic carbocycles. The molecule has 0 bridgehead atoms. The van der Waals surface area contributed by atoms with Crippen molar-refractivity contribution in [3.8, 4) is 0 Å². The molecule has 364 valence electrons. The van der Waals surface area contributed by atoms with Gasteiger partial charge in [0.25, 0.3) is 7.82 Å². The molecule has 0 saturated heterocycles. The van der Waals surface area contributed by atoms with E-state index in [1.807, 2.05) is 27.2 Å². The topological polar surface area (TPSA) is 94.1 Å². The number of hydrogen-bond acceptors (Lipinski definition) is 7. The molecule has 2 atom stereocenters. The number of rotatable bonds is 46. The highest BCUT2D eigenvalue weighted by Crippen LogP contribution is 2.38. The Morgan fingerprint density at radius 1 is 0.508 bits per heavy atom. The van der Waals surface area contributed by atoms with Gasteiger partial charge in [-0.1, -0.05) is 202 Å². The summed E-state index contributed by atoms with van der Waals surface area (Å²) >= 11 is 0. The summed E-state index contributed by atoms with van der Waals surface area (Å²) in [5, 5.41) is 0. The lowest BCUT2D eigenvalue weighted by Crippen LogP contribution is -2.37. The first-order chi connectivity index (χ1) is 30.6. The molecular weight excluding hydrogens is 806 g/mol. The van der Waals surface area contributed by atoms with Gasteiger partial charge in [0.1, 0.15) is 19.3 Å². The van der Waals surface area contributed by atoms with Crippen molar-refractivity contribution in [2.24, 2.45) is 0 Å². The van der Waals surface area contributed by atoms with Crippen molar-refractivity contribution < 1.29 is 37.3 Å². The second-order valence-electron chi connectivity index (χ2n) is 17.8. The van der Waals surface area contributed by atoms with E-state index in [-0.39, 0.29) is 26.2 Å². The first-order valence-electron chi connectivity index (χ1n) is 25.3. The molecule has 0 saturated carbocycles. The van der Waals surface area contributed by atoms with Crippen LogP contribution < -0.4 is 4.89 Å². The molecule has 0 radical (unpaired) electrons. The molecule has 63 heavy (non-hydrogen) atoms. The first-order valence-corrected chi connectivity index (χ1v) is 26.8. The van der Waals surface area contributed by atoms with E-state index in [4.69, 9.17) is 18.5 Å². The van der Waals surface area contributed by atoms with Crippen LogP contribution in [0.1, 0.15) is 194 Å². The van der Waals surface area contributed by atoms with Crippen molar-refractivity contribution in [1.29, 1.82) is 0 Å². The third-order valence-corrected chi connectivity index (χ3v) is 11.4. The van der Waals surface area contributed by atoms with Gasteiger partial charge in [-0.2, -0.15) is 0 Å². The summed E-state index contributed by atoms with van der Waals surface area (Å²) in [5.74, 6) is -0.461. The Morgan fingerprint density at radius 3 is 1.38 bits per heavy atom. The van der Waals surface area contributed by atoms with E-state index in [1.54, 1.807) is 6.08 Å². The molecule has 0 N–H and O–H groups in total. The van der Waals surface area contributed by atoms with Crippen LogP contribution in [0.15, 0.2) is 85.1 Å². The van der Waals surface area contributed by atoms with Gasteiger partial charge >= 0.3 is 5.97 Å². The zero-order valence-electron chi connectivity index (χ0n) is 41.2. The van der Waals surface area contributed by atoms with Gasteiger partial charge in [-0.05, 0) is 70.6 Å². The predicted octanol–water partition coefficient (Wildman–Crippen LogP) is 15.0. The molecule has 0 fully saturated rings. The summed E-state index contributed by atoms with van der Waals surface area (Å²) in [7, 11) is 1.29. The number of nitrogens with zero attached hydrogens (tertiary/aromatic N) is 1. The quantitative estimate of drug-likeness (QED) is 0.0197. The number of likely N-dealkylation sites (N-methyl/N-ethyl adjacent to an activating group) is 1. The Labute approximate surface area is 388 Å². The van der Waals surface area contributed by atoms with Crippen LogP contribution in [-0.2, 0) is 27.9 Å². The number of allylic oxidation sites excluding steroid dienone is 13. The normalized spacial score (nSPS) is 14.3. The number of phosphoric acid groups is 1. The molecule has 0 aromatic rings. The van der Waals surface area contributed by atoms with Crippen LogP contribution in [0, 0.1) is 0 Å². The van der Waals surface area contributed by atoms with E-state index in [0.29, 0.717) is 24.1 Å². The van der Waals surface area contributed by atoms with Gasteiger partial charge < -0.3 is 27.9 Å². The van der Waals surface area contributed by atoms with Gasteiger partial charge in [0.2, 0.25) is 0 Å². The fourth-order valence-electron chi connectivity index (χ4n) is 6.59. The van der Waals surface area contributed by atoms with Crippen LogP contribution in [0.5, 0.6) is 0 Å². The van der Waals surface area contributed by atoms with Crippen LogP contribution in [0.3, 0.4) is 0 Å². The van der Waals surface area contributed by atoms with Crippen LogP contribution in [0.4, 0.5) is 0 Å². The summed E-state index contributed by atoms with van der Waals surface area (Å²) in [5.41, 5.74) is 0. The highest BCUT2D eigenvalue weighted by molar-refractivity contribution is 7.45. The minimum atomic E-state index is -4.56. The monoisotopic (exact) mass is 902 g/mol. The lowest BCUT2D eigenvalue weighted by molar-refractivity contribution is -0.870. The second-order valence-corrected chi connectivity index (χ2v) is 19.2. The van der Waals surface area contributed by atoms with Crippen LogP contribution in [0.2, 0.25) is 0 Å². The first kappa shape index (κ1) is 60.7. The molecule has 8 nitrogen and oxygen atoms in total. The Hall–Kier alpha value is -2.32. The van der Waals surface area contributed by atoms with Gasteiger partial charge in [0, 0.05) is 6.61 Å². The minimum Gasteiger partial charge on any atom is -0.756 e. The SMILES string of the molecule is CC/C=C\C/C=C\C/C=C\C/C=C\C/C=C\CC(=O)OC(COCCCCCCCCCCCCCCCC/C=C\C/C=C\CCCCCCC)COP(=O)([O-])OCC[N+](C)(C)C. The van der Waals surface area contributed by atoms with Crippen molar-refractivity contribution in [3.05, 3.63) is 85.1 Å². The van der Waals surface area contributed by atoms with Gasteiger partial charge in [-0.3, -0.25) is 9.36 Å². The van der Waals surface area contributed by atoms with Crippen LogP contribution >= 0.6 is 7.82 Å². The number of esters is 1. The molecule has 2 unspecified atom stereocenters. The van der Waals surface area contributed by atoms with E-state index in [2.05, 4.69) is 86.8 Å². The lowest BCUT2D eigenvalue weighted by atomic mass is 10.0. The number of carbonyl (C=O) groups is 1. The highest BCUT2D eigenvalue weighted by Gasteiger charge is 2.20. The summed E-state index contributed by atoms with van der Waals surface area (Å²) in [6.45, 7) is 5.15. The largest absolute Gasteiger partial charge is 0.756 e. The smallest absolute Gasteiger partial charge is 0.310 e. The Kier molecular flexibility index (Phi) is 44.5. The molecule has 9 heteroatoms. The summed E-state index contributed by atoms with van der Waals surface area (Å²) in [6, 6.07) is 0. The maximum atomic E-state index is 12.6. The molecule has 0 aromatic heterocycles. The average Bonchev–Trinajstić information content (AvgIpc) is 3.24. The number of hydrogen-bond donors (Lipinski definition) is 0. The third-order valence-electron chi connectivity index (χ3n) is 10.5. The maximum Gasteiger partial charge on any atom is 0.310 e. The second kappa shape index (κ2) is 46.2. The average molecular weight is 902 g/mol. The van der Waals surface area contributed by atoms with Crippen molar-refractivity contribution in [2.75, 3.05) is 54.1 Å². The van der Waals surface area contributed by atoms with E-state index in [1.165, 1.54) is 122 Å². The van der Waals surface area contributed by atoms with Gasteiger partial charge in [-0.25, -0.2) is 0 Å². The van der Waals surface area contributed by atoms with Crippen LogP contribution in [-0.4, -0.2) is 70.7 Å². The van der Waals surface area contributed by atoms with Gasteiger partial charge in [0.05, 0.1) is 40.8 Å². The standard InChI is InChI=1S/C54H96NO7P/c1-6-8-10-12-14-16-18-20-22-23-24-25-26-27-28-29-30-31-32-34-36-38-40-42-44-46-49-59-51-53(52-61-63(57,58)60-50-48-55(3,4)5)62-54(56)47-45-43-41-39-37-35-33-21-19-17-15-13-11-9-7-2/h9,11,15,17-18,20-21,23-24,33,37,39,43,45,53H,6-8,10,12-14,16,19,22,25-32,34-36,38,40-42,44,46-52H2,1-5H3/b11-9-,17-15-,20-18-,24-23-,33-21-,39-37-,45-43-. The lowest BCUT2D eigenvalue weighted by Gasteiger charge is -2.28. The summed E-state index contributed by atoms with van der Waals surface area (Å²) in [6.07, 6.45) is 62.2. The van der Waals surface area contributed by atoms with E-state index in [9.17, 15) is 14.3 Å². The minimum absolute atomic E-state index is 0.00607. The van der Waals surface area contributed by atoms with Crippen molar-refractivity contribution in [2.45, 2.75) is 200 Å². The molecule has 0 heterocycles. The fourth-order valence-corrected chi connectivity index (χ4v) is 7.32. The maximum absolute atomic E-state index is 12.6. The van der Waals surface area contributed by atoms with E-state index >= 15 is 0 Å². The molecule has 0 aliphatic heterocycles. The summed E-state index contributed by atoms with van der Waals surface area (Å²) in [4.78, 5) is 25.1. The summed E-state index contributed by atoms with van der Waals surface area (Å²) < 4.78 is 34.5. The third kappa shape index (κ3) is 50.5. The number of quaternary nitrogens is 1. The molecule has 0 aliphatic rings. The molecule has 0 spiro atoms. The zero-order chi connectivity index (χ0) is 46.2. The van der Waals surface area contributed by atoms with Gasteiger partial charge in [0.15, 0.2) is 0 Å². The number of phosphoric ester groups is 1. The van der Waals surface area contributed by atoms with Crippen molar-refractivity contribution in [1.82, 2.24) is 0 Å². The fraction of sp³-hybridized carbons (Fsp3) is 0.722. The highest BCUT2D eigenvalue weighted by atomic mass is 31.2. The molecular formula is C54H96NO7P. The van der Waals surface area contributed by atoms with Crippen molar-refractivity contribution >= 4 is 13.8 Å². The number of carbonyl (C=O) groups excluding carboxylic acids is 1. The Bertz CT molecular complexity index is 1280. The Morgan fingerprint density at radius 2 is 0.921 bits per heavy atom. The zero-order valence-corrected chi connectivity index (χ0v) is 42.1. The predicted molar refractivity (Wildman–Crippen MR) is 268 cm³/mol. The number of unbranched alkanes of at least 4 members (excludes halogenated alkanes) is 19. The molecule has 0 rings (SSSR count). The van der Waals surface area contributed by atoms with Crippen molar-refractivity contribution in [3.63, 3.8) is 0 Å². The van der Waals surface area contributed by atoms with Crippen LogP contribution in [0.25, 0.3) is 0 Å². The Balaban J connectivity index is 4.17. The van der Waals surface area contributed by atoms with Gasteiger partial charge in [-0.15, -0.1) is 0 Å². The van der Waals surface area contributed by atoms with E-state index in [0.717, 1.165) is 44.9 Å². The molecule has 0 amide bonds. The number of ether oxygens (including phenoxy) is 2. The van der Waals surface area contributed by atoms with E-state index < -0.39 is 19.9 Å².